The topological polar surface area (TPSA) is 70.5 Å². The number of benzene rings is 1. The van der Waals surface area contributed by atoms with E-state index < -0.39 is 12.6 Å². The van der Waals surface area contributed by atoms with Crippen LogP contribution in [0.3, 0.4) is 0 Å². The molecular weight excluding hydrogens is 358 g/mol. The molecular formula is C19H14F2N2O4. The molecule has 2 aromatic heterocycles. The first-order valence-electron chi connectivity index (χ1n) is 7.85. The number of aromatic nitrogens is 2. The molecule has 0 unspecified atom stereocenters. The minimum atomic E-state index is -2.89. The maximum Gasteiger partial charge on any atom is 0.387 e. The van der Waals surface area contributed by atoms with Gasteiger partial charge in [-0.1, -0.05) is 12.1 Å². The largest absolute Gasteiger partial charge is 0.457 e. The van der Waals surface area contributed by atoms with E-state index in [1.165, 1.54) is 42.7 Å². The maximum atomic E-state index is 12.4. The molecule has 1 aromatic carbocycles. The molecule has 0 fully saturated rings. The quantitative estimate of drug-likeness (QED) is 0.578. The van der Waals surface area contributed by atoms with Crippen LogP contribution in [0.25, 0.3) is 0 Å². The Balaban J connectivity index is 1.64. The van der Waals surface area contributed by atoms with E-state index in [4.69, 9.17) is 9.47 Å². The van der Waals surface area contributed by atoms with Crippen LogP contribution in [0.4, 0.5) is 8.78 Å². The molecule has 0 N–H and O–H groups in total. The summed E-state index contributed by atoms with van der Waals surface area (Å²) in [7, 11) is 0. The number of esters is 1. The average molecular weight is 372 g/mol. The van der Waals surface area contributed by atoms with Gasteiger partial charge in [0.25, 0.3) is 0 Å². The molecule has 2 heterocycles. The molecule has 0 bridgehead atoms. The highest BCUT2D eigenvalue weighted by atomic mass is 19.3. The first-order chi connectivity index (χ1) is 13.1. The maximum absolute atomic E-state index is 12.4. The monoisotopic (exact) mass is 372 g/mol. The molecule has 0 saturated heterocycles. The van der Waals surface area contributed by atoms with E-state index in [0.717, 1.165) is 0 Å². The van der Waals surface area contributed by atoms with Crippen molar-refractivity contribution in [3.63, 3.8) is 0 Å². The van der Waals surface area contributed by atoms with Crippen LogP contribution in [0.2, 0.25) is 0 Å². The highest BCUT2D eigenvalue weighted by Crippen LogP contribution is 2.23. The number of carbonyl (C=O) groups is 1. The lowest BCUT2D eigenvalue weighted by Crippen LogP contribution is -2.08. The summed E-state index contributed by atoms with van der Waals surface area (Å²) in [6, 6.07) is 12.3. The van der Waals surface area contributed by atoms with E-state index >= 15 is 0 Å². The Hall–Kier alpha value is -3.55. The summed E-state index contributed by atoms with van der Waals surface area (Å²) in [5.41, 5.74) is 0.766. The van der Waals surface area contributed by atoms with Crippen LogP contribution in [0.15, 0.2) is 67.1 Å². The van der Waals surface area contributed by atoms with Crippen LogP contribution in [0.5, 0.6) is 17.4 Å². The SMILES string of the molecule is O=C(OCc1ccc(OC(F)F)cc1)c1cccnc1Oc1cccnc1. The normalized spacial score (nSPS) is 10.5. The van der Waals surface area contributed by atoms with Crippen LogP contribution < -0.4 is 9.47 Å². The fourth-order valence-electron chi connectivity index (χ4n) is 2.14. The predicted molar refractivity (Wildman–Crippen MR) is 90.7 cm³/mol. The Morgan fingerprint density at radius 1 is 1.00 bits per heavy atom. The zero-order valence-corrected chi connectivity index (χ0v) is 13.9. The Bertz CT molecular complexity index is 890. The van der Waals surface area contributed by atoms with Gasteiger partial charge >= 0.3 is 12.6 Å². The minimum absolute atomic E-state index is 0.0273. The molecule has 138 valence electrons. The van der Waals surface area contributed by atoms with Crippen LogP contribution in [-0.4, -0.2) is 22.5 Å². The molecule has 0 spiro atoms. The summed E-state index contributed by atoms with van der Waals surface area (Å²) in [5, 5.41) is 0. The molecule has 0 atom stereocenters. The van der Waals surface area contributed by atoms with Crippen molar-refractivity contribution >= 4 is 5.97 Å². The Kier molecular flexibility index (Phi) is 5.88. The van der Waals surface area contributed by atoms with Crippen molar-refractivity contribution in [2.75, 3.05) is 0 Å². The van der Waals surface area contributed by atoms with Gasteiger partial charge in [-0.2, -0.15) is 8.78 Å². The highest BCUT2D eigenvalue weighted by molar-refractivity contribution is 5.91. The molecule has 6 nitrogen and oxygen atoms in total. The van der Waals surface area contributed by atoms with Gasteiger partial charge in [-0.15, -0.1) is 0 Å². The molecule has 27 heavy (non-hydrogen) atoms. The van der Waals surface area contributed by atoms with Gasteiger partial charge in [-0.05, 0) is 42.0 Å². The van der Waals surface area contributed by atoms with Crippen LogP contribution in [-0.2, 0) is 11.3 Å². The van der Waals surface area contributed by atoms with Gasteiger partial charge in [0.15, 0.2) is 0 Å². The minimum Gasteiger partial charge on any atom is -0.457 e. The van der Waals surface area contributed by atoms with Gasteiger partial charge in [0.2, 0.25) is 5.88 Å². The Morgan fingerprint density at radius 2 is 1.78 bits per heavy atom. The number of ether oxygens (including phenoxy) is 3. The van der Waals surface area contributed by atoms with E-state index in [9.17, 15) is 13.6 Å². The second-order valence-corrected chi connectivity index (χ2v) is 5.25. The number of alkyl halides is 2. The van der Waals surface area contributed by atoms with Crippen LogP contribution >= 0.6 is 0 Å². The van der Waals surface area contributed by atoms with Crippen LogP contribution in [0.1, 0.15) is 15.9 Å². The highest BCUT2D eigenvalue weighted by Gasteiger charge is 2.16. The molecule has 0 amide bonds. The number of hydrogen-bond acceptors (Lipinski definition) is 6. The molecule has 3 aromatic rings. The third kappa shape index (κ3) is 5.21. The van der Waals surface area contributed by atoms with E-state index in [1.807, 2.05) is 0 Å². The number of nitrogens with zero attached hydrogens (tertiary/aromatic N) is 2. The second-order valence-electron chi connectivity index (χ2n) is 5.25. The van der Waals surface area contributed by atoms with E-state index in [1.54, 1.807) is 24.4 Å². The summed E-state index contributed by atoms with van der Waals surface area (Å²) < 4.78 is 39.4. The Labute approximate surface area is 153 Å². The van der Waals surface area contributed by atoms with Crippen molar-refractivity contribution in [1.29, 1.82) is 0 Å². The smallest absolute Gasteiger partial charge is 0.387 e. The first-order valence-corrected chi connectivity index (χ1v) is 7.85. The van der Waals surface area contributed by atoms with E-state index in [2.05, 4.69) is 14.7 Å². The molecule has 0 aliphatic heterocycles. The standard InChI is InChI=1S/C19H14F2N2O4/c20-19(21)27-14-7-5-13(6-8-14)12-25-18(24)16-4-2-10-23-17(16)26-15-3-1-9-22-11-15/h1-11,19H,12H2. The fraction of sp³-hybridized carbons (Fsp3) is 0.105. The van der Waals surface area contributed by atoms with Crippen molar-refractivity contribution in [1.82, 2.24) is 9.97 Å². The predicted octanol–water partition coefficient (Wildman–Crippen LogP) is 4.23. The summed E-state index contributed by atoms with van der Waals surface area (Å²) in [6.45, 7) is -2.94. The van der Waals surface area contributed by atoms with Gasteiger partial charge in [0, 0.05) is 12.4 Å². The molecule has 8 heteroatoms. The van der Waals surface area contributed by atoms with E-state index in [-0.39, 0.29) is 23.8 Å². The third-order valence-electron chi connectivity index (χ3n) is 3.36. The summed E-state index contributed by atoms with van der Waals surface area (Å²) in [6.07, 6.45) is 4.58. The number of carbonyl (C=O) groups excluding carboxylic acids is 1. The molecule has 0 aliphatic rings. The Morgan fingerprint density at radius 3 is 2.48 bits per heavy atom. The zero-order valence-electron chi connectivity index (χ0n) is 13.9. The number of hydrogen-bond donors (Lipinski definition) is 0. The molecule has 0 aliphatic carbocycles. The molecule has 3 rings (SSSR count). The van der Waals surface area contributed by atoms with Crippen molar-refractivity contribution in [2.45, 2.75) is 13.2 Å². The molecule has 0 saturated carbocycles. The van der Waals surface area contributed by atoms with Gasteiger partial charge in [-0.3, -0.25) is 4.98 Å². The van der Waals surface area contributed by atoms with E-state index in [0.29, 0.717) is 11.3 Å². The van der Waals surface area contributed by atoms with Crippen molar-refractivity contribution in [2.24, 2.45) is 0 Å². The summed E-state index contributed by atoms with van der Waals surface area (Å²) in [4.78, 5) is 20.3. The van der Waals surface area contributed by atoms with Crippen LogP contribution in [0, 0.1) is 0 Å². The lowest BCUT2D eigenvalue weighted by molar-refractivity contribution is -0.0498. The number of pyridine rings is 2. The first kappa shape index (κ1) is 18.2. The lowest BCUT2D eigenvalue weighted by Gasteiger charge is -2.10. The summed E-state index contributed by atoms with van der Waals surface area (Å²) in [5.74, 6) is -0.0783. The third-order valence-corrected chi connectivity index (χ3v) is 3.36. The number of rotatable bonds is 7. The van der Waals surface area contributed by atoms with Crippen molar-refractivity contribution in [3.8, 4) is 17.4 Å². The fourth-order valence-corrected chi connectivity index (χ4v) is 2.14. The number of halogens is 2. The van der Waals surface area contributed by atoms with Gasteiger partial charge in [-0.25, -0.2) is 9.78 Å². The second kappa shape index (κ2) is 8.70. The van der Waals surface area contributed by atoms with Gasteiger partial charge < -0.3 is 14.2 Å². The average Bonchev–Trinajstić information content (AvgIpc) is 2.68. The zero-order chi connectivity index (χ0) is 19.1. The lowest BCUT2D eigenvalue weighted by atomic mass is 10.2. The molecule has 0 radical (unpaired) electrons. The van der Waals surface area contributed by atoms with Gasteiger partial charge in [0.1, 0.15) is 23.7 Å². The summed E-state index contributed by atoms with van der Waals surface area (Å²) >= 11 is 0. The van der Waals surface area contributed by atoms with Crippen molar-refractivity contribution in [3.05, 3.63) is 78.2 Å². The van der Waals surface area contributed by atoms with Gasteiger partial charge in [0.05, 0.1) is 6.20 Å². The van der Waals surface area contributed by atoms with Crippen molar-refractivity contribution < 1.29 is 27.8 Å².